The summed E-state index contributed by atoms with van der Waals surface area (Å²) < 4.78 is 0. The molecule has 0 saturated carbocycles. The molecule has 2 amide bonds. The van der Waals surface area contributed by atoms with Gasteiger partial charge in [-0.2, -0.15) is 0 Å². The van der Waals surface area contributed by atoms with Crippen molar-refractivity contribution < 1.29 is 9.59 Å². The van der Waals surface area contributed by atoms with E-state index in [1.807, 2.05) is 26.0 Å². The summed E-state index contributed by atoms with van der Waals surface area (Å²) in [5.41, 5.74) is 6.97. The normalized spacial score (nSPS) is 10.5. The molecule has 1 aromatic carbocycles. The van der Waals surface area contributed by atoms with E-state index in [4.69, 9.17) is 5.73 Å². The molecule has 0 atom stereocenters. The Hall–Kier alpha value is -1.88. The molecule has 0 fully saturated rings. The maximum absolute atomic E-state index is 11.8. The van der Waals surface area contributed by atoms with E-state index in [0.717, 1.165) is 12.0 Å². The molecule has 0 unspecified atom stereocenters. The SMILES string of the molecule is CC(C)CC(=O)NCc1ccc(C(=O)NCCCN)cc1. The Kier molecular flexibility index (Phi) is 7.46. The highest BCUT2D eigenvalue weighted by Crippen LogP contribution is 2.05. The summed E-state index contributed by atoms with van der Waals surface area (Å²) in [7, 11) is 0. The minimum absolute atomic E-state index is 0.0496. The van der Waals surface area contributed by atoms with Crippen LogP contribution in [0.5, 0.6) is 0 Å². The van der Waals surface area contributed by atoms with E-state index >= 15 is 0 Å². The van der Waals surface area contributed by atoms with Crippen molar-refractivity contribution in [1.82, 2.24) is 10.6 Å². The van der Waals surface area contributed by atoms with Crippen LogP contribution in [0.15, 0.2) is 24.3 Å². The summed E-state index contributed by atoms with van der Waals surface area (Å²) in [6.45, 7) is 5.66. The topological polar surface area (TPSA) is 84.2 Å². The third-order valence-corrected chi connectivity index (χ3v) is 2.97. The number of nitrogens with one attached hydrogen (secondary N) is 2. The third kappa shape index (κ3) is 6.90. The highest BCUT2D eigenvalue weighted by molar-refractivity contribution is 5.94. The number of hydrogen-bond acceptors (Lipinski definition) is 3. The first-order valence-corrected chi connectivity index (χ1v) is 7.37. The number of rotatable bonds is 8. The van der Waals surface area contributed by atoms with Gasteiger partial charge < -0.3 is 16.4 Å². The van der Waals surface area contributed by atoms with Crippen molar-refractivity contribution in [3.8, 4) is 0 Å². The van der Waals surface area contributed by atoms with Gasteiger partial charge in [-0.3, -0.25) is 9.59 Å². The molecule has 0 heterocycles. The molecule has 0 spiro atoms. The van der Waals surface area contributed by atoms with Crippen LogP contribution in [0, 0.1) is 5.92 Å². The number of carbonyl (C=O) groups excluding carboxylic acids is 2. The molecule has 0 saturated heterocycles. The first kappa shape index (κ1) is 17.2. The number of amides is 2. The first-order chi connectivity index (χ1) is 10.0. The molecule has 116 valence electrons. The summed E-state index contributed by atoms with van der Waals surface area (Å²) in [6.07, 6.45) is 1.30. The quantitative estimate of drug-likeness (QED) is 0.633. The molecule has 21 heavy (non-hydrogen) atoms. The van der Waals surface area contributed by atoms with E-state index in [-0.39, 0.29) is 11.8 Å². The molecule has 0 aliphatic rings. The van der Waals surface area contributed by atoms with Crippen LogP contribution in [-0.2, 0) is 11.3 Å². The van der Waals surface area contributed by atoms with Crippen LogP contribution in [0.1, 0.15) is 42.6 Å². The lowest BCUT2D eigenvalue weighted by atomic mass is 10.1. The number of carbonyl (C=O) groups is 2. The highest BCUT2D eigenvalue weighted by atomic mass is 16.2. The van der Waals surface area contributed by atoms with Crippen molar-refractivity contribution >= 4 is 11.8 Å². The molecule has 0 aliphatic carbocycles. The molecule has 5 heteroatoms. The van der Waals surface area contributed by atoms with E-state index in [1.165, 1.54) is 0 Å². The Balaban J connectivity index is 2.43. The van der Waals surface area contributed by atoms with Crippen LogP contribution in [-0.4, -0.2) is 24.9 Å². The first-order valence-electron chi connectivity index (χ1n) is 7.37. The predicted molar refractivity (Wildman–Crippen MR) is 83.7 cm³/mol. The Morgan fingerprint density at radius 2 is 1.81 bits per heavy atom. The molecule has 0 aromatic heterocycles. The fraction of sp³-hybridized carbons (Fsp3) is 0.500. The van der Waals surface area contributed by atoms with Gasteiger partial charge in [0.15, 0.2) is 0 Å². The Labute approximate surface area is 126 Å². The smallest absolute Gasteiger partial charge is 0.251 e. The monoisotopic (exact) mass is 291 g/mol. The van der Waals surface area contributed by atoms with Gasteiger partial charge >= 0.3 is 0 Å². The van der Waals surface area contributed by atoms with Gasteiger partial charge in [0.25, 0.3) is 5.91 Å². The zero-order chi connectivity index (χ0) is 15.7. The standard InChI is InChI=1S/C16H25N3O2/c1-12(2)10-15(20)19-11-13-4-6-14(7-5-13)16(21)18-9-3-8-17/h4-7,12H,3,8-11,17H2,1-2H3,(H,18,21)(H,19,20). The summed E-state index contributed by atoms with van der Waals surface area (Å²) in [5.74, 6) is 0.303. The van der Waals surface area contributed by atoms with Gasteiger partial charge in [-0.25, -0.2) is 0 Å². The summed E-state index contributed by atoms with van der Waals surface area (Å²) >= 11 is 0. The Morgan fingerprint density at radius 3 is 2.38 bits per heavy atom. The van der Waals surface area contributed by atoms with Crippen molar-refractivity contribution in [1.29, 1.82) is 0 Å². The molecule has 0 aliphatic heterocycles. The van der Waals surface area contributed by atoms with Gasteiger partial charge in [-0.05, 0) is 36.6 Å². The number of nitrogens with two attached hydrogens (primary N) is 1. The average molecular weight is 291 g/mol. The van der Waals surface area contributed by atoms with Crippen molar-refractivity contribution in [3.05, 3.63) is 35.4 Å². The van der Waals surface area contributed by atoms with E-state index in [9.17, 15) is 9.59 Å². The Bertz CT molecular complexity index is 455. The van der Waals surface area contributed by atoms with Crippen LogP contribution in [0.3, 0.4) is 0 Å². The predicted octanol–water partition coefficient (Wildman–Crippen LogP) is 1.43. The zero-order valence-electron chi connectivity index (χ0n) is 12.8. The third-order valence-electron chi connectivity index (χ3n) is 2.97. The molecular weight excluding hydrogens is 266 g/mol. The van der Waals surface area contributed by atoms with Crippen molar-refractivity contribution in [3.63, 3.8) is 0 Å². The van der Waals surface area contributed by atoms with E-state index in [2.05, 4.69) is 10.6 Å². The van der Waals surface area contributed by atoms with Crippen LogP contribution < -0.4 is 16.4 Å². The second-order valence-corrected chi connectivity index (χ2v) is 5.47. The van der Waals surface area contributed by atoms with Gasteiger partial charge in [0, 0.05) is 25.1 Å². The Morgan fingerprint density at radius 1 is 1.14 bits per heavy atom. The maximum Gasteiger partial charge on any atom is 0.251 e. The van der Waals surface area contributed by atoms with E-state index in [1.54, 1.807) is 12.1 Å². The lowest BCUT2D eigenvalue weighted by Crippen LogP contribution is -2.26. The van der Waals surface area contributed by atoms with Crippen molar-refractivity contribution in [2.45, 2.75) is 33.2 Å². The van der Waals surface area contributed by atoms with E-state index < -0.39 is 0 Å². The van der Waals surface area contributed by atoms with Gasteiger partial charge in [0.05, 0.1) is 0 Å². The summed E-state index contributed by atoms with van der Waals surface area (Å²) in [5, 5.41) is 5.67. The van der Waals surface area contributed by atoms with Gasteiger partial charge in [-0.15, -0.1) is 0 Å². The second kappa shape index (κ2) is 9.13. The molecule has 5 nitrogen and oxygen atoms in total. The van der Waals surface area contributed by atoms with Gasteiger partial charge in [-0.1, -0.05) is 26.0 Å². The summed E-state index contributed by atoms with van der Waals surface area (Å²) in [4.78, 5) is 23.4. The van der Waals surface area contributed by atoms with Crippen molar-refractivity contribution in [2.24, 2.45) is 11.7 Å². The summed E-state index contributed by atoms with van der Waals surface area (Å²) in [6, 6.07) is 7.24. The molecule has 0 radical (unpaired) electrons. The molecule has 0 bridgehead atoms. The minimum atomic E-state index is -0.0983. The molecule has 4 N–H and O–H groups in total. The fourth-order valence-corrected chi connectivity index (χ4v) is 1.82. The molecular formula is C16H25N3O2. The van der Waals surface area contributed by atoms with Crippen LogP contribution in [0.4, 0.5) is 0 Å². The fourth-order valence-electron chi connectivity index (χ4n) is 1.82. The van der Waals surface area contributed by atoms with Gasteiger partial charge in [0.1, 0.15) is 0 Å². The van der Waals surface area contributed by atoms with Gasteiger partial charge in [0.2, 0.25) is 5.91 Å². The van der Waals surface area contributed by atoms with Crippen LogP contribution in [0.2, 0.25) is 0 Å². The lowest BCUT2D eigenvalue weighted by Gasteiger charge is -2.08. The largest absolute Gasteiger partial charge is 0.352 e. The molecule has 1 aromatic rings. The average Bonchev–Trinajstić information content (AvgIpc) is 2.45. The number of benzene rings is 1. The van der Waals surface area contributed by atoms with Crippen LogP contribution >= 0.6 is 0 Å². The minimum Gasteiger partial charge on any atom is -0.352 e. The molecule has 1 rings (SSSR count). The zero-order valence-corrected chi connectivity index (χ0v) is 12.8. The lowest BCUT2D eigenvalue weighted by molar-refractivity contribution is -0.121. The number of hydrogen-bond donors (Lipinski definition) is 3. The van der Waals surface area contributed by atoms with E-state index in [0.29, 0.717) is 37.5 Å². The van der Waals surface area contributed by atoms with Crippen molar-refractivity contribution in [2.75, 3.05) is 13.1 Å². The highest BCUT2D eigenvalue weighted by Gasteiger charge is 2.06. The second-order valence-electron chi connectivity index (χ2n) is 5.47. The maximum atomic E-state index is 11.8. The van der Waals surface area contributed by atoms with Crippen LogP contribution in [0.25, 0.3) is 0 Å².